The van der Waals surface area contributed by atoms with Gasteiger partial charge in [0.25, 0.3) is 0 Å². The minimum absolute atomic E-state index is 0.0239. The minimum atomic E-state index is -0.338. The molecule has 0 atom stereocenters. The third-order valence-corrected chi connectivity index (χ3v) is 3.75. The Hall–Kier alpha value is -1.94. The van der Waals surface area contributed by atoms with Crippen LogP contribution in [0.25, 0.3) is 10.9 Å². The van der Waals surface area contributed by atoms with Gasteiger partial charge in [0.1, 0.15) is 5.82 Å². The fourth-order valence-electron chi connectivity index (χ4n) is 2.21. The Morgan fingerprint density at radius 1 is 1.15 bits per heavy atom. The molecule has 2 aromatic carbocycles. The number of ketones is 1. The van der Waals surface area contributed by atoms with Gasteiger partial charge in [-0.3, -0.25) is 4.79 Å². The maximum absolute atomic E-state index is 13.3. The molecule has 0 aliphatic carbocycles. The lowest BCUT2D eigenvalue weighted by Gasteiger charge is -2.01. The van der Waals surface area contributed by atoms with Crippen LogP contribution in [0.2, 0.25) is 0 Å². The van der Waals surface area contributed by atoms with Crippen LogP contribution >= 0.6 is 15.9 Å². The molecule has 3 aromatic rings. The van der Waals surface area contributed by atoms with Crippen LogP contribution in [0.4, 0.5) is 4.39 Å². The largest absolute Gasteiger partial charge is 0.360 e. The second-order valence-corrected chi connectivity index (χ2v) is 5.53. The topological polar surface area (TPSA) is 32.9 Å². The summed E-state index contributed by atoms with van der Waals surface area (Å²) in [6, 6.07) is 12.0. The number of benzene rings is 2. The van der Waals surface area contributed by atoms with Crippen molar-refractivity contribution in [2.45, 2.75) is 6.42 Å². The molecular weight excluding hydrogens is 321 g/mol. The van der Waals surface area contributed by atoms with E-state index >= 15 is 0 Å². The number of nitrogens with one attached hydrogen (secondary N) is 1. The van der Waals surface area contributed by atoms with Crippen molar-refractivity contribution in [1.82, 2.24) is 4.98 Å². The van der Waals surface area contributed by atoms with Gasteiger partial charge in [-0.2, -0.15) is 0 Å². The molecule has 3 rings (SSSR count). The predicted octanol–water partition coefficient (Wildman–Crippen LogP) is 4.49. The highest BCUT2D eigenvalue weighted by Gasteiger charge is 2.13. The van der Waals surface area contributed by atoms with E-state index in [2.05, 4.69) is 20.9 Å². The molecule has 0 aliphatic rings. The van der Waals surface area contributed by atoms with Gasteiger partial charge in [-0.25, -0.2) is 4.39 Å². The summed E-state index contributed by atoms with van der Waals surface area (Å²) < 4.78 is 14.3. The zero-order valence-corrected chi connectivity index (χ0v) is 12.1. The van der Waals surface area contributed by atoms with Gasteiger partial charge in [0.2, 0.25) is 0 Å². The first-order valence-electron chi connectivity index (χ1n) is 6.18. The van der Waals surface area contributed by atoms with Crippen LogP contribution in [-0.4, -0.2) is 10.8 Å². The number of halogens is 2. The number of hydrogen-bond acceptors (Lipinski definition) is 1. The molecule has 0 saturated heterocycles. The van der Waals surface area contributed by atoms with Crippen molar-refractivity contribution in [3.8, 4) is 0 Å². The van der Waals surface area contributed by atoms with Crippen molar-refractivity contribution >= 4 is 32.6 Å². The highest BCUT2D eigenvalue weighted by molar-refractivity contribution is 9.10. The van der Waals surface area contributed by atoms with E-state index in [0.29, 0.717) is 17.4 Å². The molecule has 0 aliphatic heterocycles. The zero-order valence-electron chi connectivity index (χ0n) is 10.5. The van der Waals surface area contributed by atoms with Gasteiger partial charge >= 0.3 is 0 Å². The Bertz CT molecular complexity index is 777. The number of rotatable bonds is 3. The van der Waals surface area contributed by atoms with E-state index in [1.165, 1.54) is 12.1 Å². The molecule has 0 unspecified atom stereocenters. The first-order valence-corrected chi connectivity index (χ1v) is 6.97. The van der Waals surface area contributed by atoms with Crippen LogP contribution in [0, 0.1) is 5.82 Å². The van der Waals surface area contributed by atoms with E-state index in [9.17, 15) is 9.18 Å². The zero-order chi connectivity index (χ0) is 14.1. The van der Waals surface area contributed by atoms with E-state index in [0.717, 1.165) is 15.6 Å². The van der Waals surface area contributed by atoms with Crippen LogP contribution in [0.3, 0.4) is 0 Å². The Morgan fingerprint density at radius 2 is 1.90 bits per heavy atom. The second kappa shape index (κ2) is 5.21. The summed E-state index contributed by atoms with van der Waals surface area (Å²) in [5.74, 6) is -0.362. The second-order valence-electron chi connectivity index (χ2n) is 4.62. The van der Waals surface area contributed by atoms with Gasteiger partial charge in [-0.1, -0.05) is 28.1 Å². The first-order chi connectivity index (χ1) is 9.63. The summed E-state index contributed by atoms with van der Waals surface area (Å²) >= 11 is 3.36. The number of aromatic nitrogens is 1. The summed E-state index contributed by atoms with van der Waals surface area (Å²) in [7, 11) is 0. The van der Waals surface area contributed by atoms with Crippen LogP contribution in [0.1, 0.15) is 15.9 Å². The van der Waals surface area contributed by atoms with Gasteiger partial charge in [0.15, 0.2) is 5.78 Å². The number of fused-ring (bicyclic) bond motifs is 1. The third-order valence-electron chi connectivity index (χ3n) is 3.22. The Kier molecular flexibility index (Phi) is 3.40. The van der Waals surface area contributed by atoms with Gasteiger partial charge in [-0.15, -0.1) is 0 Å². The summed E-state index contributed by atoms with van der Waals surface area (Å²) in [4.78, 5) is 15.3. The smallest absolute Gasteiger partial charge is 0.169 e. The molecule has 0 amide bonds. The highest BCUT2D eigenvalue weighted by Crippen LogP contribution is 2.21. The standard InChI is InChI=1S/C16H11BrFNO/c17-11-3-1-10(2-4-11)7-16(20)14-9-19-15-6-5-12(18)8-13(14)15/h1-6,8-9,19H,7H2. The molecule has 0 fully saturated rings. The average molecular weight is 332 g/mol. The normalized spacial score (nSPS) is 10.9. The van der Waals surface area contributed by atoms with Gasteiger partial charge < -0.3 is 4.98 Å². The van der Waals surface area contributed by atoms with Crippen molar-refractivity contribution in [1.29, 1.82) is 0 Å². The number of carbonyl (C=O) groups is 1. The minimum Gasteiger partial charge on any atom is -0.360 e. The molecule has 1 heterocycles. The first kappa shape index (κ1) is 13.1. The lowest BCUT2D eigenvalue weighted by Crippen LogP contribution is -2.02. The molecule has 1 N–H and O–H groups in total. The molecule has 20 heavy (non-hydrogen) atoms. The van der Waals surface area contributed by atoms with Crippen LogP contribution in [0.5, 0.6) is 0 Å². The molecule has 2 nitrogen and oxygen atoms in total. The van der Waals surface area contributed by atoms with Crippen molar-refractivity contribution in [2.24, 2.45) is 0 Å². The monoisotopic (exact) mass is 331 g/mol. The van der Waals surface area contributed by atoms with Crippen molar-refractivity contribution in [3.05, 3.63) is 70.1 Å². The average Bonchev–Trinajstić information content (AvgIpc) is 2.84. The van der Waals surface area contributed by atoms with E-state index in [-0.39, 0.29) is 11.6 Å². The molecular formula is C16H11BrFNO. The summed E-state index contributed by atoms with van der Waals surface area (Å²) in [5, 5.41) is 0.632. The molecule has 0 spiro atoms. The number of hydrogen-bond donors (Lipinski definition) is 1. The van der Waals surface area contributed by atoms with Crippen molar-refractivity contribution in [2.75, 3.05) is 0 Å². The van der Waals surface area contributed by atoms with Gasteiger partial charge in [0.05, 0.1) is 0 Å². The Balaban J connectivity index is 1.92. The molecule has 0 radical (unpaired) electrons. The van der Waals surface area contributed by atoms with E-state index in [4.69, 9.17) is 0 Å². The maximum Gasteiger partial charge on any atom is 0.169 e. The lowest BCUT2D eigenvalue weighted by atomic mass is 10.0. The van der Waals surface area contributed by atoms with Crippen LogP contribution in [-0.2, 0) is 6.42 Å². The molecule has 0 bridgehead atoms. The fraction of sp³-hybridized carbons (Fsp3) is 0.0625. The van der Waals surface area contributed by atoms with Crippen LogP contribution < -0.4 is 0 Å². The number of aromatic amines is 1. The lowest BCUT2D eigenvalue weighted by molar-refractivity contribution is 0.0994. The molecule has 0 saturated carbocycles. The summed E-state index contributed by atoms with van der Waals surface area (Å²) in [6.45, 7) is 0. The van der Waals surface area contributed by atoms with Crippen molar-refractivity contribution < 1.29 is 9.18 Å². The van der Waals surface area contributed by atoms with Crippen molar-refractivity contribution in [3.63, 3.8) is 0 Å². The summed E-state index contributed by atoms with van der Waals surface area (Å²) in [6.07, 6.45) is 1.95. The molecule has 100 valence electrons. The Morgan fingerprint density at radius 3 is 2.65 bits per heavy atom. The number of carbonyl (C=O) groups excluding carboxylic acids is 1. The van der Waals surface area contributed by atoms with E-state index in [1.807, 2.05) is 24.3 Å². The number of H-pyrrole nitrogens is 1. The van der Waals surface area contributed by atoms with E-state index < -0.39 is 0 Å². The van der Waals surface area contributed by atoms with Crippen LogP contribution in [0.15, 0.2) is 53.1 Å². The van der Waals surface area contributed by atoms with Gasteiger partial charge in [0, 0.05) is 33.6 Å². The summed E-state index contributed by atoms with van der Waals surface area (Å²) in [5.41, 5.74) is 2.23. The van der Waals surface area contributed by atoms with Gasteiger partial charge in [-0.05, 0) is 35.9 Å². The number of Topliss-reactive ketones (excluding diaryl/α,β-unsaturated/α-hetero) is 1. The third kappa shape index (κ3) is 2.51. The maximum atomic E-state index is 13.3. The quantitative estimate of drug-likeness (QED) is 0.704. The van der Waals surface area contributed by atoms with E-state index in [1.54, 1.807) is 12.3 Å². The molecule has 1 aromatic heterocycles. The highest BCUT2D eigenvalue weighted by atomic mass is 79.9. The Labute approximate surface area is 123 Å². The predicted molar refractivity (Wildman–Crippen MR) is 80.4 cm³/mol. The fourth-order valence-corrected chi connectivity index (χ4v) is 2.47. The SMILES string of the molecule is O=C(Cc1ccc(Br)cc1)c1c[nH]c2ccc(F)cc12. The molecule has 4 heteroatoms.